The summed E-state index contributed by atoms with van der Waals surface area (Å²) in [4.78, 5) is 17.3. The van der Waals surface area contributed by atoms with Crippen LogP contribution < -0.4 is 15.8 Å². The van der Waals surface area contributed by atoms with Gasteiger partial charge in [-0.3, -0.25) is 10.2 Å². The lowest BCUT2D eigenvalue weighted by Crippen LogP contribution is -2.55. The number of amides is 1. The molecule has 25 heavy (non-hydrogen) atoms. The maximum Gasteiger partial charge on any atom is 0.241 e. The highest BCUT2D eigenvalue weighted by Gasteiger charge is 2.41. The number of carbonyl (C=O) groups excluding carboxylic acids is 1. The van der Waals surface area contributed by atoms with Crippen LogP contribution >= 0.6 is 0 Å². The normalized spacial score (nSPS) is 30.5. The largest absolute Gasteiger partial charge is 0.379 e. The van der Waals surface area contributed by atoms with E-state index >= 15 is 0 Å². The number of benzene rings is 1. The predicted molar refractivity (Wildman–Crippen MR) is 97.3 cm³/mol. The number of anilines is 1. The van der Waals surface area contributed by atoms with Gasteiger partial charge in [0.1, 0.15) is 6.04 Å². The van der Waals surface area contributed by atoms with E-state index in [4.69, 9.17) is 4.74 Å². The number of rotatable bonds is 2. The molecule has 4 rings (SSSR count). The van der Waals surface area contributed by atoms with Crippen LogP contribution in [0.15, 0.2) is 30.3 Å². The van der Waals surface area contributed by atoms with E-state index in [1.54, 1.807) is 0 Å². The average Bonchev–Trinajstić information content (AvgIpc) is 3.12. The third kappa shape index (κ3) is 3.66. The van der Waals surface area contributed by atoms with E-state index < -0.39 is 0 Å². The molecule has 1 aromatic rings. The van der Waals surface area contributed by atoms with E-state index in [1.807, 2.05) is 0 Å². The van der Waals surface area contributed by atoms with E-state index in [0.717, 1.165) is 65.2 Å². The summed E-state index contributed by atoms with van der Waals surface area (Å²) in [7, 11) is 0. The SMILES string of the molecule is O=C(C1CCNN1)N1CCCC2(COCCN(c3ccccc3)C2)C1. The van der Waals surface area contributed by atoms with Crippen molar-refractivity contribution >= 4 is 11.6 Å². The number of nitrogens with zero attached hydrogens (tertiary/aromatic N) is 2. The fourth-order valence-electron chi connectivity index (χ4n) is 4.38. The molecule has 0 aromatic heterocycles. The summed E-state index contributed by atoms with van der Waals surface area (Å²) in [6.07, 6.45) is 3.04. The Morgan fingerprint density at radius 2 is 2.08 bits per heavy atom. The van der Waals surface area contributed by atoms with Crippen molar-refractivity contribution < 1.29 is 9.53 Å². The van der Waals surface area contributed by atoms with Gasteiger partial charge < -0.3 is 14.5 Å². The molecule has 0 radical (unpaired) electrons. The molecule has 3 fully saturated rings. The maximum atomic E-state index is 12.8. The van der Waals surface area contributed by atoms with Crippen LogP contribution in [0.3, 0.4) is 0 Å². The molecule has 136 valence electrons. The first-order chi connectivity index (χ1) is 12.3. The molecular formula is C19H28N4O2. The van der Waals surface area contributed by atoms with Gasteiger partial charge in [-0.05, 0) is 31.4 Å². The van der Waals surface area contributed by atoms with Crippen LogP contribution in [0.4, 0.5) is 5.69 Å². The molecule has 2 atom stereocenters. The molecule has 1 aromatic carbocycles. The maximum absolute atomic E-state index is 12.8. The van der Waals surface area contributed by atoms with Crippen molar-refractivity contribution in [3.05, 3.63) is 30.3 Å². The number of hydrogen-bond donors (Lipinski definition) is 2. The van der Waals surface area contributed by atoms with Gasteiger partial charge in [-0.25, -0.2) is 5.43 Å². The first kappa shape index (κ1) is 16.8. The Labute approximate surface area is 149 Å². The van der Waals surface area contributed by atoms with Crippen LogP contribution in [0.2, 0.25) is 0 Å². The smallest absolute Gasteiger partial charge is 0.241 e. The van der Waals surface area contributed by atoms with Crippen molar-refractivity contribution in [3.63, 3.8) is 0 Å². The number of carbonyl (C=O) groups is 1. The van der Waals surface area contributed by atoms with Crippen molar-refractivity contribution in [1.82, 2.24) is 15.8 Å². The second kappa shape index (κ2) is 7.32. The van der Waals surface area contributed by atoms with Crippen LogP contribution in [0.25, 0.3) is 0 Å². The van der Waals surface area contributed by atoms with Crippen LogP contribution in [-0.4, -0.2) is 62.8 Å². The summed E-state index contributed by atoms with van der Waals surface area (Å²) in [6.45, 7) is 5.89. The Balaban J connectivity index is 1.49. The monoisotopic (exact) mass is 344 g/mol. The summed E-state index contributed by atoms with van der Waals surface area (Å²) in [5.74, 6) is 0.236. The summed E-state index contributed by atoms with van der Waals surface area (Å²) in [5, 5.41) is 0. The van der Waals surface area contributed by atoms with Gasteiger partial charge in [-0.1, -0.05) is 18.2 Å². The minimum absolute atomic E-state index is 0.0340. The molecular weight excluding hydrogens is 316 g/mol. The summed E-state index contributed by atoms with van der Waals surface area (Å²) in [5.41, 5.74) is 7.46. The Bertz CT molecular complexity index is 590. The molecule has 0 saturated carbocycles. The zero-order valence-electron chi connectivity index (χ0n) is 14.7. The minimum Gasteiger partial charge on any atom is -0.379 e. The molecule has 3 aliphatic heterocycles. The zero-order chi connectivity index (χ0) is 17.1. The molecule has 1 amide bonds. The fourth-order valence-corrected chi connectivity index (χ4v) is 4.38. The van der Waals surface area contributed by atoms with E-state index in [0.29, 0.717) is 0 Å². The highest BCUT2D eigenvalue weighted by Crippen LogP contribution is 2.35. The summed E-state index contributed by atoms with van der Waals surface area (Å²) in [6, 6.07) is 10.5. The van der Waals surface area contributed by atoms with Gasteiger partial charge in [0, 0.05) is 43.8 Å². The third-order valence-corrected chi connectivity index (χ3v) is 5.67. The summed E-state index contributed by atoms with van der Waals surface area (Å²) < 4.78 is 5.99. The first-order valence-corrected chi connectivity index (χ1v) is 9.41. The topological polar surface area (TPSA) is 56.8 Å². The van der Waals surface area contributed by atoms with Gasteiger partial charge in [-0.2, -0.15) is 0 Å². The molecule has 0 bridgehead atoms. The number of nitrogens with one attached hydrogen (secondary N) is 2. The second-order valence-corrected chi connectivity index (χ2v) is 7.59. The quantitative estimate of drug-likeness (QED) is 0.838. The van der Waals surface area contributed by atoms with Gasteiger partial charge >= 0.3 is 0 Å². The minimum atomic E-state index is -0.0768. The lowest BCUT2D eigenvalue weighted by atomic mass is 9.79. The lowest BCUT2D eigenvalue weighted by molar-refractivity contribution is -0.137. The molecule has 3 heterocycles. The number of hydrogen-bond acceptors (Lipinski definition) is 5. The highest BCUT2D eigenvalue weighted by molar-refractivity contribution is 5.82. The van der Waals surface area contributed by atoms with Crippen LogP contribution in [0.1, 0.15) is 19.3 Å². The number of ether oxygens (including phenoxy) is 1. The van der Waals surface area contributed by atoms with Crippen molar-refractivity contribution in [2.45, 2.75) is 25.3 Å². The zero-order valence-corrected chi connectivity index (χ0v) is 14.7. The van der Waals surface area contributed by atoms with Crippen LogP contribution in [0, 0.1) is 5.41 Å². The van der Waals surface area contributed by atoms with Gasteiger partial charge in [0.05, 0.1) is 13.2 Å². The number of para-hydroxylation sites is 1. The standard InChI is InChI=1S/C19H28N4O2/c24-18(17-7-9-20-21-17)23-10-4-8-19(14-23)13-22(11-12-25-15-19)16-5-2-1-3-6-16/h1-3,5-6,17,20-21H,4,7-15H2. The number of piperidine rings is 1. The number of likely N-dealkylation sites (tertiary alicyclic amines) is 1. The van der Waals surface area contributed by atoms with Crippen molar-refractivity contribution in [3.8, 4) is 0 Å². The van der Waals surface area contributed by atoms with E-state index in [9.17, 15) is 4.79 Å². The van der Waals surface area contributed by atoms with Crippen molar-refractivity contribution in [2.24, 2.45) is 5.41 Å². The molecule has 0 aliphatic carbocycles. The van der Waals surface area contributed by atoms with Crippen LogP contribution in [0.5, 0.6) is 0 Å². The highest BCUT2D eigenvalue weighted by atomic mass is 16.5. The molecule has 6 heteroatoms. The first-order valence-electron chi connectivity index (χ1n) is 9.41. The Morgan fingerprint density at radius 1 is 1.20 bits per heavy atom. The molecule has 2 unspecified atom stereocenters. The summed E-state index contributed by atoms with van der Waals surface area (Å²) >= 11 is 0. The third-order valence-electron chi connectivity index (χ3n) is 5.67. The van der Waals surface area contributed by atoms with E-state index in [1.165, 1.54) is 5.69 Å². The molecule has 6 nitrogen and oxygen atoms in total. The molecule has 3 saturated heterocycles. The van der Waals surface area contributed by atoms with Crippen molar-refractivity contribution in [1.29, 1.82) is 0 Å². The van der Waals surface area contributed by atoms with Crippen LogP contribution in [-0.2, 0) is 9.53 Å². The molecule has 2 N–H and O–H groups in total. The Kier molecular flexibility index (Phi) is 4.92. The fraction of sp³-hybridized carbons (Fsp3) is 0.632. The van der Waals surface area contributed by atoms with Gasteiger partial charge in [-0.15, -0.1) is 0 Å². The number of hydrazine groups is 1. The average molecular weight is 344 g/mol. The molecule has 3 aliphatic rings. The van der Waals surface area contributed by atoms with Crippen molar-refractivity contribution in [2.75, 3.05) is 50.8 Å². The van der Waals surface area contributed by atoms with E-state index in [2.05, 4.69) is 51.0 Å². The van der Waals surface area contributed by atoms with Gasteiger partial charge in [0.25, 0.3) is 0 Å². The lowest BCUT2D eigenvalue weighted by Gasteiger charge is -2.44. The Morgan fingerprint density at radius 3 is 2.88 bits per heavy atom. The molecule has 1 spiro atoms. The Hall–Kier alpha value is -1.63. The van der Waals surface area contributed by atoms with E-state index in [-0.39, 0.29) is 17.4 Å². The second-order valence-electron chi connectivity index (χ2n) is 7.59. The van der Waals surface area contributed by atoms with Gasteiger partial charge in [0.15, 0.2) is 0 Å². The van der Waals surface area contributed by atoms with Gasteiger partial charge in [0.2, 0.25) is 5.91 Å². The predicted octanol–water partition coefficient (Wildman–Crippen LogP) is 0.999.